The number of aromatic carboxylic acids is 1. The van der Waals surface area contributed by atoms with Gasteiger partial charge < -0.3 is 10.4 Å². The number of hydrogen-bond donors (Lipinski definition) is 2. The van der Waals surface area contributed by atoms with Crippen LogP contribution in [0.3, 0.4) is 0 Å². The zero-order valence-electron chi connectivity index (χ0n) is 13.6. The molecule has 0 aliphatic rings. The Labute approximate surface area is 144 Å². The van der Waals surface area contributed by atoms with Crippen LogP contribution in [0.25, 0.3) is 0 Å². The van der Waals surface area contributed by atoms with Crippen molar-refractivity contribution in [3.63, 3.8) is 0 Å². The first-order valence-electron chi connectivity index (χ1n) is 7.61. The van der Waals surface area contributed by atoms with Gasteiger partial charge in [-0.1, -0.05) is 11.6 Å². The monoisotopic (exact) mass is 353 g/mol. The summed E-state index contributed by atoms with van der Waals surface area (Å²) in [5.74, 6) is -1.20. The molecule has 0 radical (unpaired) electrons. The van der Waals surface area contributed by atoms with Crippen molar-refractivity contribution in [3.05, 3.63) is 34.4 Å². The number of carbonyl (C=O) groups is 2. The van der Waals surface area contributed by atoms with Gasteiger partial charge in [-0.15, -0.1) is 0 Å². The Morgan fingerprint density at radius 1 is 1.29 bits per heavy atom. The van der Waals surface area contributed by atoms with E-state index in [1.165, 1.54) is 16.9 Å². The highest BCUT2D eigenvalue weighted by Crippen LogP contribution is 2.18. The molecule has 130 valence electrons. The quantitative estimate of drug-likeness (QED) is 0.702. The number of aryl methyl sites for hydroxylation is 3. The van der Waals surface area contributed by atoms with Gasteiger partial charge >= 0.3 is 5.97 Å². The Hall–Kier alpha value is -2.35. The second kappa shape index (κ2) is 7.96. The summed E-state index contributed by atoms with van der Waals surface area (Å²) in [7, 11) is 0. The van der Waals surface area contributed by atoms with E-state index in [9.17, 15) is 9.59 Å². The Morgan fingerprint density at radius 3 is 2.67 bits per heavy atom. The Morgan fingerprint density at radius 2 is 2.04 bits per heavy atom. The number of carbonyl (C=O) groups excluding carboxylic acids is 1. The maximum absolute atomic E-state index is 11.8. The first-order valence-corrected chi connectivity index (χ1v) is 7.99. The molecule has 2 aromatic heterocycles. The second-order valence-electron chi connectivity index (χ2n) is 5.41. The minimum Gasteiger partial charge on any atom is -0.477 e. The third-order valence-electron chi connectivity index (χ3n) is 3.65. The number of carboxylic acids is 1. The molecule has 0 atom stereocenters. The second-order valence-corrected chi connectivity index (χ2v) is 5.78. The summed E-state index contributed by atoms with van der Waals surface area (Å²) in [5.41, 5.74) is 1.79. The van der Waals surface area contributed by atoms with Crippen LogP contribution in [-0.2, 0) is 17.9 Å². The van der Waals surface area contributed by atoms with E-state index in [-0.39, 0.29) is 24.6 Å². The summed E-state index contributed by atoms with van der Waals surface area (Å²) in [6, 6.07) is 1.40. The molecule has 24 heavy (non-hydrogen) atoms. The molecule has 0 saturated heterocycles. The highest BCUT2D eigenvalue weighted by Gasteiger charge is 2.11. The van der Waals surface area contributed by atoms with Gasteiger partial charge in [0.25, 0.3) is 0 Å². The van der Waals surface area contributed by atoms with Gasteiger partial charge in [-0.25, -0.2) is 4.79 Å². The Balaban J connectivity index is 1.71. The van der Waals surface area contributed by atoms with E-state index in [2.05, 4.69) is 15.5 Å². The summed E-state index contributed by atoms with van der Waals surface area (Å²) in [6.45, 7) is 5.18. The van der Waals surface area contributed by atoms with Gasteiger partial charge in [0.05, 0.1) is 23.0 Å². The van der Waals surface area contributed by atoms with Crippen LogP contribution in [0, 0.1) is 13.8 Å². The average Bonchev–Trinajstić information content (AvgIpc) is 3.11. The van der Waals surface area contributed by atoms with E-state index in [0.717, 1.165) is 17.8 Å². The molecule has 0 aromatic carbocycles. The van der Waals surface area contributed by atoms with Crippen LogP contribution < -0.4 is 5.32 Å². The number of nitrogens with zero attached hydrogens (tertiary/aromatic N) is 4. The number of rotatable bonds is 8. The van der Waals surface area contributed by atoms with Crippen molar-refractivity contribution >= 4 is 23.5 Å². The van der Waals surface area contributed by atoms with Crippen molar-refractivity contribution in [2.75, 3.05) is 6.54 Å². The summed E-state index contributed by atoms with van der Waals surface area (Å²) in [4.78, 5) is 22.8. The van der Waals surface area contributed by atoms with E-state index in [1.54, 1.807) is 0 Å². The third-order valence-corrected chi connectivity index (χ3v) is 4.20. The number of aromatic nitrogens is 4. The first-order chi connectivity index (χ1) is 11.4. The molecule has 0 aliphatic carbocycles. The van der Waals surface area contributed by atoms with E-state index in [4.69, 9.17) is 16.7 Å². The predicted octanol–water partition coefficient (Wildman–Crippen LogP) is 1.64. The fourth-order valence-corrected chi connectivity index (χ4v) is 2.47. The molecular formula is C15H20ClN5O3. The number of carboxylic acid groups (broad SMARTS) is 1. The lowest BCUT2D eigenvalue weighted by molar-refractivity contribution is -0.121. The molecule has 0 saturated carbocycles. The molecule has 2 rings (SSSR count). The van der Waals surface area contributed by atoms with Crippen LogP contribution in [0.2, 0.25) is 5.02 Å². The molecule has 0 spiro atoms. The molecule has 2 aromatic rings. The van der Waals surface area contributed by atoms with E-state index < -0.39 is 5.97 Å². The van der Waals surface area contributed by atoms with Crippen molar-refractivity contribution in [2.45, 2.75) is 39.8 Å². The van der Waals surface area contributed by atoms with Gasteiger partial charge in [0.1, 0.15) is 5.69 Å². The van der Waals surface area contributed by atoms with E-state index in [1.807, 2.05) is 18.5 Å². The molecule has 0 unspecified atom stereocenters. The Bertz CT molecular complexity index is 738. The minimum absolute atomic E-state index is 0.0733. The zero-order chi connectivity index (χ0) is 17.7. The SMILES string of the molecule is Cc1nn(CCCNC(=O)CCn2nccc2C(=O)O)c(C)c1Cl. The lowest BCUT2D eigenvalue weighted by atomic mass is 10.3. The maximum atomic E-state index is 11.8. The van der Waals surface area contributed by atoms with Gasteiger partial charge in [0, 0.05) is 25.7 Å². The largest absolute Gasteiger partial charge is 0.477 e. The summed E-state index contributed by atoms with van der Waals surface area (Å²) in [5, 5.41) is 20.7. The molecule has 2 N–H and O–H groups in total. The molecule has 9 heteroatoms. The summed E-state index contributed by atoms with van der Waals surface area (Å²) < 4.78 is 3.13. The van der Waals surface area contributed by atoms with Gasteiger partial charge in [-0.2, -0.15) is 10.2 Å². The van der Waals surface area contributed by atoms with Crippen LogP contribution in [0.1, 0.15) is 34.7 Å². The standard InChI is InChI=1S/C15H20ClN5O3/c1-10-14(16)11(2)20(19-10)8-3-6-17-13(22)5-9-21-12(15(23)24)4-7-18-21/h4,7H,3,5-6,8-9H2,1-2H3,(H,17,22)(H,23,24). The van der Waals surface area contributed by atoms with Crippen LogP contribution >= 0.6 is 11.6 Å². The third kappa shape index (κ3) is 4.35. The fourth-order valence-electron chi connectivity index (χ4n) is 2.34. The molecule has 0 aliphatic heterocycles. The van der Waals surface area contributed by atoms with Crippen molar-refractivity contribution in [2.24, 2.45) is 0 Å². The molecule has 2 heterocycles. The molecule has 1 amide bonds. The van der Waals surface area contributed by atoms with Crippen LogP contribution in [-0.4, -0.2) is 43.1 Å². The molecule has 0 fully saturated rings. The van der Waals surface area contributed by atoms with Gasteiger partial charge in [0.2, 0.25) is 5.91 Å². The van der Waals surface area contributed by atoms with Crippen LogP contribution in [0.4, 0.5) is 0 Å². The minimum atomic E-state index is -1.06. The van der Waals surface area contributed by atoms with Crippen molar-refractivity contribution < 1.29 is 14.7 Å². The fraction of sp³-hybridized carbons (Fsp3) is 0.467. The average molecular weight is 354 g/mol. The number of hydrogen-bond acceptors (Lipinski definition) is 4. The Kier molecular flexibility index (Phi) is 5.97. The lowest BCUT2D eigenvalue weighted by Crippen LogP contribution is -2.27. The van der Waals surface area contributed by atoms with E-state index >= 15 is 0 Å². The smallest absolute Gasteiger partial charge is 0.354 e. The number of nitrogens with one attached hydrogen (secondary N) is 1. The summed E-state index contributed by atoms with van der Waals surface area (Å²) in [6.07, 6.45) is 2.31. The molecule has 0 bridgehead atoms. The first kappa shape index (κ1) is 18.0. The zero-order valence-corrected chi connectivity index (χ0v) is 14.4. The van der Waals surface area contributed by atoms with Crippen molar-refractivity contribution in [3.8, 4) is 0 Å². The highest BCUT2D eigenvalue weighted by atomic mass is 35.5. The van der Waals surface area contributed by atoms with Crippen LogP contribution in [0.15, 0.2) is 12.3 Å². The molecule has 8 nitrogen and oxygen atoms in total. The van der Waals surface area contributed by atoms with Gasteiger partial charge in [0.15, 0.2) is 0 Å². The normalized spacial score (nSPS) is 10.8. The van der Waals surface area contributed by atoms with Crippen LogP contribution in [0.5, 0.6) is 0 Å². The summed E-state index contributed by atoms with van der Waals surface area (Å²) >= 11 is 6.08. The maximum Gasteiger partial charge on any atom is 0.354 e. The van der Waals surface area contributed by atoms with Gasteiger partial charge in [-0.3, -0.25) is 14.2 Å². The highest BCUT2D eigenvalue weighted by molar-refractivity contribution is 6.31. The predicted molar refractivity (Wildman–Crippen MR) is 88.1 cm³/mol. The topological polar surface area (TPSA) is 102 Å². The number of amides is 1. The lowest BCUT2D eigenvalue weighted by Gasteiger charge is -2.07. The van der Waals surface area contributed by atoms with Crippen molar-refractivity contribution in [1.29, 1.82) is 0 Å². The van der Waals surface area contributed by atoms with E-state index in [0.29, 0.717) is 18.1 Å². The molecular weight excluding hydrogens is 334 g/mol. The van der Waals surface area contributed by atoms with Crippen molar-refractivity contribution in [1.82, 2.24) is 24.9 Å². The van der Waals surface area contributed by atoms with Gasteiger partial charge in [-0.05, 0) is 26.3 Å². The number of halogens is 1.